The lowest BCUT2D eigenvalue weighted by molar-refractivity contribution is -0.135. The molecule has 1 aliphatic carbocycles. The Morgan fingerprint density at radius 3 is 2.12 bits per heavy atom. The number of ether oxygens (including phenoxy) is 1. The van der Waals surface area contributed by atoms with Gasteiger partial charge in [-0.1, -0.05) is 68.4 Å². The summed E-state index contributed by atoms with van der Waals surface area (Å²) in [5.74, 6) is -1.85. The number of amides is 3. The minimum absolute atomic E-state index is 0.0648. The highest BCUT2D eigenvalue weighted by molar-refractivity contribution is 6.08. The number of phenolic OH excluding ortho intramolecular Hbond substituents is 1. The largest absolute Gasteiger partial charge is 0.507 e. The topological polar surface area (TPSA) is 105 Å². The third-order valence-corrected chi connectivity index (χ3v) is 5.37. The van der Waals surface area contributed by atoms with Crippen molar-refractivity contribution < 1.29 is 24.2 Å². The first-order valence-corrected chi connectivity index (χ1v) is 10.7. The molecular formula is C26H24N2O5. The summed E-state index contributed by atoms with van der Waals surface area (Å²) in [4.78, 5) is 37.7. The fraction of sp³-hybridized carbons (Fsp3) is 0.192. The molecule has 0 spiro atoms. The molecule has 0 aliphatic heterocycles. The van der Waals surface area contributed by atoms with Crippen LogP contribution in [0.15, 0.2) is 66.7 Å². The van der Waals surface area contributed by atoms with Crippen LogP contribution >= 0.6 is 0 Å². The monoisotopic (exact) mass is 444 g/mol. The molecule has 0 radical (unpaired) electrons. The van der Waals surface area contributed by atoms with E-state index in [2.05, 4.69) is 10.6 Å². The number of benzene rings is 3. The van der Waals surface area contributed by atoms with Gasteiger partial charge in [0.25, 0.3) is 5.91 Å². The van der Waals surface area contributed by atoms with Crippen molar-refractivity contribution in [2.24, 2.45) is 5.92 Å². The molecule has 0 saturated carbocycles. The molecule has 0 aromatic heterocycles. The second-order valence-electron chi connectivity index (χ2n) is 8.26. The SMILES string of the molecule is CC(C)CC(=O)Oc1cccc(O)c1C(=O)NC(=O)NC1c2ccccc2-c2ccccc21. The molecule has 3 aromatic carbocycles. The number of esters is 1. The van der Waals surface area contributed by atoms with E-state index in [-0.39, 0.29) is 23.7 Å². The summed E-state index contributed by atoms with van der Waals surface area (Å²) in [6, 6.07) is 18.4. The van der Waals surface area contributed by atoms with Crippen LogP contribution in [0.5, 0.6) is 11.5 Å². The van der Waals surface area contributed by atoms with Crippen LogP contribution in [0, 0.1) is 5.92 Å². The lowest BCUT2D eigenvalue weighted by atomic mass is 10.1. The van der Waals surface area contributed by atoms with Gasteiger partial charge >= 0.3 is 12.0 Å². The molecule has 1 aliphatic rings. The first-order chi connectivity index (χ1) is 15.8. The fourth-order valence-electron chi connectivity index (χ4n) is 3.97. The molecule has 0 unspecified atom stereocenters. The van der Waals surface area contributed by atoms with Crippen molar-refractivity contribution in [1.82, 2.24) is 10.6 Å². The highest BCUT2D eigenvalue weighted by atomic mass is 16.5. The normalized spacial score (nSPS) is 12.1. The smallest absolute Gasteiger partial charge is 0.322 e. The van der Waals surface area contributed by atoms with Crippen LogP contribution < -0.4 is 15.4 Å². The summed E-state index contributed by atoms with van der Waals surface area (Å²) in [6.45, 7) is 3.72. The number of hydrogen-bond acceptors (Lipinski definition) is 5. The zero-order chi connectivity index (χ0) is 23.5. The van der Waals surface area contributed by atoms with E-state index in [4.69, 9.17) is 4.74 Å². The first-order valence-electron chi connectivity index (χ1n) is 10.7. The molecule has 33 heavy (non-hydrogen) atoms. The highest BCUT2D eigenvalue weighted by Gasteiger charge is 2.30. The number of imide groups is 1. The van der Waals surface area contributed by atoms with E-state index in [1.165, 1.54) is 18.2 Å². The van der Waals surface area contributed by atoms with Gasteiger partial charge < -0.3 is 15.2 Å². The summed E-state index contributed by atoms with van der Waals surface area (Å²) >= 11 is 0. The molecule has 4 rings (SSSR count). The van der Waals surface area contributed by atoms with Crippen molar-refractivity contribution in [2.75, 3.05) is 0 Å². The summed E-state index contributed by atoms with van der Waals surface area (Å²) < 4.78 is 5.27. The van der Waals surface area contributed by atoms with Crippen LogP contribution in [0.1, 0.15) is 47.8 Å². The molecule has 3 N–H and O–H groups in total. The zero-order valence-corrected chi connectivity index (χ0v) is 18.3. The quantitative estimate of drug-likeness (QED) is 0.395. The minimum Gasteiger partial charge on any atom is -0.507 e. The summed E-state index contributed by atoms with van der Waals surface area (Å²) in [7, 11) is 0. The van der Waals surface area contributed by atoms with Crippen molar-refractivity contribution in [3.05, 3.63) is 83.4 Å². The van der Waals surface area contributed by atoms with E-state index in [0.717, 1.165) is 22.3 Å². The van der Waals surface area contributed by atoms with Gasteiger partial charge in [-0.15, -0.1) is 0 Å². The number of phenols is 1. The van der Waals surface area contributed by atoms with Crippen molar-refractivity contribution >= 4 is 17.9 Å². The molecular weight excluding hydrogens is 420 g/mol. The molecule has 3 aromatic rings. The van der Waals surface area contributed by atoms with Gasteiger partial charge in [0.2, 0.25) is 0 Å². The number of carbonyl (C=O) groups excluding carboxylic acids is 3. The molecule has 0 saturated heterocycles. The first kappa shape index (κ1) is 22.1. The number of rotatable bonds is 5. The van der Waals surface area contributed by atoms with Gasteiger partial charge in [-0.25, -0.2) is 4.79 Å². The van der Waals surface area contributed by atoms with Crippen LogP contribution in [0.3, 0.4) is 0 Å². The predicted molar refractivity (Wildman–Crippen MR) is 123 cm³/mol. The van der Waals surface area contributed by atoms with Gasteiger partial charge in [0.05, 0.1) is 6.04 Å². The lowest BCUT2D eigenvalue weighted by Crippen LogP contribution is -2.41. The van der Waals surface area contributed by atoms with E-state index >= 15 is 0 Å². The van der Waals surface area contributed by atoms with Crippen LogP contribution in [0.4, 0.5) is 4.79 Å². The summed E-state index contributed by atoms with van der Waals surface area (Å²) in [5.41, 5.74) is 3.60. The van der Waals surface area contributed by atoms with Gasteiger partial charge in [-0.05, 0) is 40.3 Å². The third-order valence-electron chi connectivity index (χ3n) is 5.37. The number of urea groups is 1. The Balaban J connectivity index is 1.53. The van der Waals surface area contributed by atoms with Crippen LogP contribution in [0.2, 0.25) is 0 Å². The molecule has 0 heterocycles. The van der Waals surface area contributed by atoms with Crippen molar-refractivity contribution in [3.8, 4) is 22.6 Å². The highest BCUT2D eigenvalue weighted by Crippen LogP contribution is 2.42. The van der Waals surface area contributed by atoms with Gasteiger partial charge in [-0.2, -0.15) is 0 Å². The Hall–Kier alpha value is -4.13. The van der Waals surface area contributed by atoms with Crippen molar-refractivity contribution in [2.45, 2.75) is 26.3 Å². The Kier molecular flexibility index (Phi) is 6.13. The Labute approximate surface area is 191 Å². The molecule has 7 heteroatoms. The van der Waals surface area contributed by atoms with Crippen LogP contribution in [-0.4, -0.2) is 23.0 Å². The van der Waals surface area contributed by atoms with E-state index < -0.39 is 29.7 Å². The maximum atomic E-state index is 12.8. The molecule has 168 valence electrons. The third kappa shape index (κ3) is 4.57. The second-order valence-corrected chi connectivity index (χ2v) is 8.26. The Morgan fingerprint density at radius 1 is 0.909 bits per heavy atom. The number of carbonyl (C=O) groups is 3. The fourth-order valence-corrected chi connectivity index (χ4v) is 3.97. The summed E-state index contributed by atoms with van der Waals surface area (Å²) in [5, 5.41) is 15.3. The van der Waals surface area contributed by atoms with E-state index in [9.17, 15) is 19.5 Å². The average molecular weight is 444 g/mol. The van der Waals surface area contributed by atoms with Gasteiger partial charge in [0, 0.05) is 6.42 Å². The molecule has 0 atom stereocenters. The molecule has 0 fully saturated rings. The summed E-state index contributed by atoms with van der Waals surface area (Å²) in [6.07, 6.45) is 0.150. The number of aromatic hydroxyl groups is 1. The molecule has 7 nitrogen and oxygen atoms in total. The maximum Gasteiger partial charge on any atom is 0.322 e. The maximum absolute atomic E-state index is 12.8. The number of nitrogens with one attached hydrogen (secondary N) is 2. The Morgan fingerprint density at radius 2 is 1.52 bits per heavy atom. The molecule has 3 amide bonds. The predicted octanol–water partition coefficient (Wildman–Crippen LogP) is 4.55. The van der Waals surface area contributed by atoms with Crippen molar-refractivity contribution in [3.63, 3.8) is 0 Å². The van der Waals surface area contributed by atoms with Gasteiger partial charge in [0.15, 0.2) is 0 Å². The van der Waals surface area contributed by atoms with E-state index in [1.54, 1.807) is 0 Å². The number of fused-ring (bicyclic) bond motifs is 3. The van der Waals surface area contributed by atoms with E-state index in [0.29, 0.717) is 0 Å². The lowest BCUT2D eigenvalue weighted by Gasteiger charge is -2.17. The van der Waals surface area contributed by atoms with Gasteiger partial charge in [-0.3, -0.25) is 14.9 Å². The van der Waals surface area contributed by atoms with Crippen LogP contribution in [-0.2, 0) is 4.79 Å². The molecule has 0 bridgehead atoms. The average Bonchev–Trinajstić information content (AvgIpc) is 3.07. The van der Waals surface area contributed by atoms with Crippen LogP contribution in [0.25, 0.3) is 11.1 Å². The van der Waals surface area contributed by atoms with Crippen molar-refractivity contribution in [1.29, 1.82) is 0 Å². The van der Waals surface area contributed by atoms with E-state index in [1.807, 2.05) is 62.4 Å². The zero-order valence-electron chi connectivity index (χ0n) is 18.3. The number of hydrogen-bond donors (Lipinski definition) is 3. The second kappa shape index (κ2) is 9.16. The minimum atomic E-state index is -0.877. The van der Waals surface area contributed by atoms with Gasteiger partial charge in [0.1, 0.15) is 17.1 Å². The standard InChI is InChI=1S/C26H24N2O5/c1-15(2)14-22(30)33-21-13-7-12-20(29)23(21)25(31)28-26(32)27-24-18-10-5-3-8-16(18)17-9-4-6-11-19(17)24/h3-13,15,24,29H,14H2,1-2H3,(H2,27,28,31,32). The Bertz CT molecular complexity index is 1190.